The van der Waals surface area contributed by atoms with E-state index in [0.717, 1.165) is 16.5 Å². The molecule has 134 valence electrons. The van der Waals surface area contributed by atoms with E-state index in [9.17, 15) is 9.18 Å². The molecule has 0 unspecified atom stereocenters. The predicted molar refractivity (Wildman–Crippen MR) is 106 cm³/mol. The van der Waals surface area contributed by atoms with Crippen LogP contribution in [-0.4, -0.2) is 19.9 Å². The Labute approximate surface area is 158 Å². The second-order valence-corrected chi connectivity index (χ2v) is 6.35. The predicted octanol–water partition coefficient (Wildman–Crippen LogP) is 4.34. The first-order valence-electron chi connectivity index (χ1n) is 8.70. The van der Waals surface area contributed by atoms with Gasteiger partial charge in [-0.15, -0.1) is 0 Å². The van der Waals surface area contributed by atoms with Crippen molar-refractivity contribution in [3.63, 3.8) is 0 Å². The highest BCUT2D eigenvalue weighted by molar-refractivity contribution is 5.89. The summed E-state index contributed by atoms with van der Waals surface area (Å²) in [6.07, 6.45) is 3.23. The molecule has 28 heavy (non-hydrogen) atoms. The number of pyridine rings is 2. The first-order chi connectivity index (χ1) is 13.7. The minimum Gasteiger partial charge on any atom is -0.345 e. The number of benzene rings is 2. The lowest BCUT2D eigenvalue weighted by Gasteiger charge is -2.11. The number of rotatable bonds is 2. The van der Waals surface area contributed by atoms with E-state index in [1.54, 1.807) is 24.4 Å². The first kappa shape index (κ1) is 16.3. The molecule has 6 heteroatoms. The van der Waals surface area contributed by atoms with Crippen molar-refractivity contribution >= 4 is 22.1 Å². The van der Waals surface area contributed by atoms with E-state index in [-0.39, 0.29) is 10.9 Å². The van der Waals surface area contributed by atoms with E-state index in [1.165, 1.54) is 18.3 Å². The van der Waals surface area contributed by atoms with Crippen molar-refractivity contribution < 1.29 is 4.39 Å². The maximum absolute atomic E-state index is 14.6. The Bertz CT molecular complexity index is 1410. The third-order valence-electron chi connectivity index (χ3n) is 4.59. The number of H-pyrrole nitrogens is 1. The Morgan fingerprint density at radius 2 is 1.79 bits per heavy atom. The molecule has 3 aromatic heterocycles. The Kier molecular flexibility index (Phi) is 3.69. The van der Waals surface area contributed by atoms with E-state index in [2.05, 4.69) is 19.9 Å². The summed E-state index contributed by atoms with van der Waals surface area (Å²) in [4.78, 5) is 28.7. The molecule has 0 aliphatic rings. The molecule has 0 spiro atoms. The van der Waals surface area contributed by atoms with Gasteiger partial charge in [0.1, 0.15) is 11.5 Å². The van der Waals surface area contributed by atoms with Crippen LogP contribution >= 0.6 is 0 Å². The van der Waals surface area contributed by atoms with Crippen LogP contribution in [-0.2, 0) is 0 Å². The van der Waals surface area contributed by atoms with Gasteiger partial charge in [0.2, 0.25) is 5.43 Å². The molecule has 5 nitrogen and oxygen atoms in total. The summed E-state index contributed by atoms with van der Waals surface area (Å²) in [7, 11) is 0. The van der Waals surface area contributed by atoms with E-state index < -0.39 is 5.82 Å². The highest BCUT2D eigenvalue weighted by Crippen LogP contribution is 2.32. The fourth-order valence-electron chi connectivity index (χ4n) is 3.25. The largest absolute Gasteiger partial charge is 0.345 e. The van der Waals surface area contributed by atoms with Crippen molar-refractivity contribution in [2.45, 2.75) is 0 Å². The van der Waals surface area contributed by atoms with Gasteiger partial charge in [0.05, 0.1) is 11.2 Å². The highest BCUT2D eigenvalue weighted by Gasteiger charge is 2.17. The maximum atomic E-state index is 14.6. The molecule has 0 aliphatic carbocycles. The molecule has 0 saturated heterocycles. The third-order valence-corrected chi connectivity index (χ3v) is 4.59. The molecule has 0 atom stereocenters. The zero-order chi connectivity index (χ0) is 19.1. The minimum absolute atomic E-state index is 0.212. The Morgan fingerprint density at radius 3 is 2.68 bits per heavy atom. The zero-order valence-electron chi connectivity index (χ0n) is 14.6. The van der Waals surface area contributed by atoms with Crippen molar-refractivity contribution in [3.8, 4) is 22.5 Å². The number of hydrogen-bond donors (Lipinski definition) is 1. The molecular formula is C22H13FN4O. The number of halogens is 1. The number of aromatic amines is 1. The molecule has 5 rings (SSSR count). The van der Waals surface area contributed by atoms with Crippen LogP contribution in [0.5, 0.6) is 0 Å². The van der Waals surface area contributed by atoms with Crippen LogP contribution in [0.3, 0.4) is 0 Å². The van der Waals surface area contributed by atoms with Crippen LogP contribution in [0.25, 0.3) is 44.6 Å². The fourth-order valence-corrected chi connectivity index (χ4v) is 3.25. The molecule has 0 saturated carbocycles. The van der Waals surface area contributed by atoms with Crippen LogP contribution in [0.2, 0.25) is 0 Å². The van der Waals surface area contributed by atoms with Crippen LogP contribution < -0.4 is 5.43 Å². The van der Waals surface area contributed by atoms with Gasteiger partial charge in [-0.2, -0.15) is 0 Å². The maximum Gasteiger partial charge on any atom is 0.209 e. The molecule has 0 bridgehead atoms. The molecule has 0 amide bonds. The number of hydrogen-bond acceptors (Lipinski definition) is 4. The quantitative estimate of drug-likeness (QED) is 0.503. The van der Waals surface area contributed by atoms with Gasteiger partial charge in [-0.25, -0.2) is 14.4 Å². The van der Waals surface area contributed by atoms with Crippen LogP contribution in [0.15, 0.2) is 77.9 Å². The topological polar surface area (TPSA) is 71.5 Å². The monoisotopic (exact) mass is 368 g/mol. The van der Waals surface area contributed by atoms with Crippen molar-refractivity contribution in [1.82, 2.24) is 19.9 Å². The SMILES string of the molecule is O=c1cc[nH]c2nc(-c3ccccc3F)c(-c3ccc4ncccc4c3)nc12. The molecule has 2 aromatic carbocycles. The summed E-state index contributed by atoms with van der Waals surface area (Å²) < 4.78 is 14.6. The Morgan fingerprint density at radius 1 is 0.893 bits per heavy atom. The lowest BCUT2D eigenvalue weighted by molar-refractivity contribution is 0.631. The van der Waals surface area contributed by atoms with Crippen LogP contribution in [0.4, 0.5) is 4.39 Å². The Balaban J connectivity index is 1.87. The van der Waals surface area contributed by atoms with Gasteiger partial charge >= 0.3 is 0 Å². The second kappa shape index (κ2) is 6.35. The summed E-state index contributed by atoms with van der Waals surface area (Å²) in [6, 6.07) is 17.2. The van der Waals surface area contributed by atoms with E-state index >= 15 is 0 Å². The highest BCUT2D eigenvalue weighted by atomic mass is 19.1. The van der Waals surface area contributed by atoms with E-state index in [4.69, 9.17) is 0 Å². The van der Waals surface area contributed by atoms with Crippen LogP contribution in [0.1, 0.15) is 0 Å². The summed E-state index contributed by atoms with van der Waals surface area (Å²) in [5.74, 6) is -0.405. The minimum atomic E-state index is -0.405. The van der Waals surface area contributed by atoms with Gasteiger partial charge < -0.3 is 4.98 Å². The fraction of sp³-hybridized carbons (Fsp3) is 0. The lowest BCUT2D eigenvalue weighted by atomic mass is 10.0. The third kappa shape index (κ3) is 2.63. The zero-order valence-corrected chi connectivity index (χ0v) is 14.6. The lowest BCUT2D eigenvalue weighted by Crippen LogP contribution is -2.07. The molecule has 0 radical (unpaired) electrons. The van der Waals surface area contributed by atoms with Gasteiger partial charge in [0, 0.05) is 35.0 Å². The molecule has 3 heterocycles. The van der Waals surface area contributed by atoms with Gasteiger partial charge in [-0.05, 0) is 30.3 Å². The van der Waals surface area contributed by atoms with Gasteiger partial charge in [0.25, 0.3) is 0 Å². The van der Waals surface area contributed by atoms with Gasteiger partial charge in [-0.1, -0.05) is 24.3 Å². The van der Waals surface area contributed by atoms with Crippen molar-refractivity contribution in [2.24, 2.45) is 0 Å². The molecule has 5 aromatic rings. The number of aromatic nitrogens is 4. The molecule has 1 N–H and O–H groups in total. The number of fused-ring (bicyclic) bond motifs is 2. The van der Waals surface area contributed by atoms with Crippen LogP contribution in [0, 0.1) is 5.82 Å². The standard InChI is InChI=1S/C22H13FN4O/c23-16-6-2-1-5-15(16)20-19(26-21-18(28)9-11-25-22(21)27-20)14-7-8-17-13(12-14)4-3-10-24-17/h1-12H,(H,25,27,28). The van der Waals surface area contributed by atoms with Gasteiger partial charge in [-0.3, -0.25) is 9.78 Å². The molecular weight excluding hydrogens is 355 g/mol. The average Bonchev–Trinajstić information content (AvgIpc) is 2.73. The van der Waals surface area contributed by atoms with E-state index in [0.29, 0.717) is 22.6 Å². The second-order valence-electron chi connectivity index (χ2n) is 6.35. The molecule has 0 fully saturated rings. The average molecular weight is 368 g/mol. The summed E-state index contributed by atoms with van der Waals surface area (Å²) in [5.41, 5.74) is 2.99. The van der Waals surface area contributed by atoms with Gasteiger partial charge in [0.15, 0.2) is 11.2 Å². The van der Waals surface area contributed by atoms with Crippen molar-refractivity contribution in [2.75, 3.05) is 0 Å². The summed E-state index contributed by atoms with van der Waals surface area (Å²) in [5, 5.41) is 0.920. The molecule has 0 aliphatic heterocycles. The van der Waals surface area contributed by atoms with Crippen molar-refractivity contribution in [1.29, 1.82) is 0 Å². The summed E-state index contributed by atoms with van der Waals surface area (Å²) >= 11 is 0. The smallest absolute Gasteiger partial charge is 0.209 e. The summed E-state index contributed by atoms with van der Waals surface area (Å²) in [6.45, 7) is 0. The Hall–Kier alpha value is -3.93. The van der Waals surface area contributed by atoms with Crippen molar-refractivity contribution in [3.05, 3.63) is 89.1 Å². The first-order valence-corrected chi connectivity index (χ1v) is 8.70. The van der Waals surface area contributed by atoms with E-state index in [1.807, 2.05) is 30.3 Å². The number of nitrogens with one attached hydrogen (secondary N) is 1. The normalized spacial score (nSPS) is 11.2. The number of nitrogens with zero attached hydrogens (tertiary/aromatic N) is 3.